The number of imidazole rings is 1. The molecule has 2 N–H and O–H groups in total. The smallest absolute Gasteiger partial charge is 0.222 e. The zero-order valence-corrected chi connectivity index (χ0v) is 7.99. The summed E-state index contributed by atoms with van der Waals surface area (Å²) >= 11 is 0. The van der Waals surface area contributed by atoms with Crippen LogP contribution in [0.3, 0.4) is 0 Å². The molecular weight excluding hydrogens is 176 g/mol. The maximum atomic E-state index is 4.30. The first-order valence-corrected chi connectivity index (χ1v) is 4.62. The Bertz CT molecular complexity index is 411. The minimum Gasteiger partial charge on any atom is -0.323 e. The fraction of sp³-hybridized carbons (Fsp3) is 0.200. The van der Waals surface area contributed by atoms with E-state index in [1.54, 1.807) is 6.21 Å². The molecule has 2 aromatic rings. The summed E-state index contributed by atoms with van der Waals surface area (Å²) in [6.07, 6.45) is 2.71. The Morgan fingerprint density at radius 1 is 1.50 bits per heavy atom. The summed E-state index contributed by atoms with van der Waals surface area (Å²) in [5.41, 5.74) is 4.80. The molecule has 0 aliphatic heterocycles. The lowest BCUT2D eigenvalue weighted by Gasteiger charge is -1.90. The van der Waals surface area contributed by atoms with Gasteiger partial charge in [-0.3, -0.25) is 0 Å². The molecule has 0 radical (unpaired) electrons. The number of H-pyrrole nitrogens is 1. The lowest BCUT2D eigenvalue weighted by Crippen LogP contribution is -1.90. The van der Waals surface area contributed by atoms with Crippen LogP contribution in [0, 0.1) is 0 Å². The summed E-state index contributed by atoms with van der Waals surface area (Å²) < 4.78 is 0. The Morgan fingerprint density at radius 2 is 2.36 bits per heavy atom. The zero-order chi connectivity index (χ0) is 9.80. The highest BCUT2D eigenvalue weighted by atomic mass is 15.3. The molecule has 2 rings (SSSR count). The number of nitrogens with one attached hydrogen (secondary N) is 2. The van der Waals surface area contributed by atoms with Crippen LogP contribution >= 0.6 is 0 Å². The number of hydrogen-bond acceptors (Lipinski definition) is 3. The summed E-state index contributed by atoms with van der Waals surface area (Å²) in [5, 5.41) is 3.99. The van der Waals surface area contributed by atoms with E-state index in [0.29, 0.717) is 5.95 Å². The largest absolute Gasteiger partial charge is 0.323 e. The SMILES string of the molecule is CC/C=N/Nc1nc2ccccc2[nH]1. The monoisotopic (exact) mass is 188 g/mol. The molecule has 0 spiro atoms. The Labute approximate surface area is 82.1 Å². The van der Waals surface area contributed by atoms with Crippen LogP contribution in [0.25, 0.3) is 11.0 Å². The molecule has 1 aromatic carbocycles. The van der Waals surface area contributed by atoms with Gasteiger partial charge in [-0.15, -0.1) is 0 Å². The minimum atomic E-state index is 0.677. The van der Waals surface area contributed by atoms with Gasteiger partial charge in [0.05, 0.1) is 11.0 Å². The van der Waals surface area contributed by atoms with Crippen molar-refractivity contribution in [2.45, 2.75) is 13.3 Å². The summed E-state index contributed by atoms with van der Waals surface area (Å²) in [5.74, 6) is 0.677. The van der Waals surface area contributed by atoms with Crippen LogP contribution < -0.4 is 5.43 Å². The van der Waals surface area contributed by atoms with Crippen LogP contribution in [0.4, 0.5) is 5.95 Å². The third-order valence-electron chi connectivity index (χ3n) is 1.83. The van der Waals surface area contributed by atoms with Crippen molar-refractivity contribution in [3.63, 3.8) is 0 Å². The van der Waals surface area contributed by atoms with Crippen LogP contribution in [0.2, 0.25) is 0 Å². The second-order valence-electron chi connectivity index (χ2n) is 2.93. The number of para-hydroxylation sites is 2. The summed E-state index contributed by atoms with van der Waals surface area (Å²) in [6.45, 7) is 2.03. The van der Waals surface area contributed by atoms with Crippen molar-refractivity contribution >= 4 is 23.2 Å². The number of hydrogen-bond donors (Lipinski definition) is 2. The van der Waals surface area contributed by atoms with Crippen LogP contribution in [-0.4, -0.2) is 16.2 Å². The van der Waals surface area contributed by atoms with E-state index >= 15 is 0 Å². The van der Waals surface area contributed by atoms with E-state index < -0.39 is 0 Å². The number of benzene rings is 1. The summed E-state index contributed by atoms with van der Waals surface area (Å²) in [7, 11) is 0. The van der Waals surface area contributed by atoms with Crippen LogP contribution in [0.15, 0.2) is 29.4 Å². The molecular formula is C10H12N4. The number of aromatic amines is 1. The minimum absolute atomic E-state index is 0.677. The average Bonchev–Trinajstić information content (AvgIpc) is 2.60. The molecule has 1 aromatic heterocycles. The van der Waals surface area contributed by atoms with E-state index in [1.165, 1.54) is 0 Å². The molecule has 14 heavy (non-hydrogen) atoms. The first-order chi connectivity index (χ1) is 6.90. The van der Waals surface area contributed by atoms with Crippen LogP contribution in [0.1, 0.15) is 13.3 Å². The first kappa shape index (κ1) is 8.74. The Balaban J connectivity index is 2.23. The number of nitrogens with zero attached hydrogens (tertiary/aromatic N) is 2. The van der Waals surface area contributed by atoms with E-state index in [2.05, 4.69) is 20.5 Å². The third-order valence-corrected chi connectivity index (χ3v) is 1.83. The molecule has 72 valence electrons. The molecule has 4 heteroatoms. The van der Waals surface area contributed by atoms with E-state index in [-0.39, 0.29) is 0 Å². The third kappa shape index (κ3) is 1.74. The molecule has 0 fully saturated rings. The number of hydrazone groups is 1. The second-order valence-corrected chi connectivity index (χ2v) is 2.93. The van der Waals surface area contributed by atoms with E-state index in [1.807, 2.05) is 31.2 Å². The molecule has 0 saturated heterocycles. The van der Waals surface area contributed by atoms with Crippen molar-refractivity contribution in [3.05, 3.63) is 24.3 Å². The van der Waals surface area contributed by atoms with Gasteiger partial charge in [0, 0.05) is 6.21 Å². The summed E-state index contributed by atoms with van der Waals surface area (Å²) in [4.78, 5) is 7.42. The maximum absolute atomic E-state index is 4.30. The number of fused-ring (bicyclic) bond motifs is 1. The summed E-state index contributed by atoms with van der Waals surface area (Å²) in [6, 6.07) is 7.87. The Morgan fingerprint density at radius 3 is 3.14 bits per heavy atom. The highest BCUT2D eigenvalue weighted by Gasteiger charge is 1.98. The van der Waals surface area contributed by atoms with Gasteiger partial charge in [0.2, 0.25) is 5.95 Å². The van der Waals surface area contributed by atoms with Crippen molar-refractivity contribution in [3.8, 4) is 0 Å². The maximum Gasteiger partial charge on any atom is 0.222 e. The predicted octanol–water partition coefficient (Wildman–Crippen LogP) is 2.37. The molecule has 0 aliphatic carbocycles. The molecule has 0 atom stereocenters. The van der Waals surface area contributed by atoms with Gasteiger partial charge in [-0.1, -0.05) is 19.1 Å². The van der Waals surface area contributed by atoms with Gasteiger partial charge in [-0.2, -0.15) is 5.10 Å². The van der Waals surface area contributed by atoms with Crippen molar-refractivity contribution in [1.29, 1.82) is 0 Å². The Kier molecular flexibility index (Phi) is 2.44. The molecule has 4 nitrogen and oxygen atoms in total. The zero-order valence-electron chi connectivity index (χ0n) is 7.99. The van der Waals surface area contributed by atoms with E-state index in [4.69, 9.17) is 0 Å². The molecule has 0 bridgehead atoms. The van der Waals surface area contributed by atoms with Crippen LogP contribution in [0.5, 0.6) is 0 Å². The lowest BCUT2D eigenvalue weighted by molar-refractivity contribution is 1.19. The van der Waals surface area contributed by atoms with Crippen molar-refractivity contribution in [2.75, 3.05) is 5.43 Å². The normalized spacial score (nSPS) is 11.2. The number of aromatic nitrogens is 2. The highest BCUT2D eigenvalue weighted by Crippen LogP contribution is 2.12. The van der Waals surface area contributed by atoms with Gasteiger partial charge >= 0.3 is 0 Å². The van der Waals surface area contributed by atoms with Gasteiger partial charge in [0.1, 0.15) is 0 Å². The fourth-order valence-electron chi connectivity index (χ4n) is 1.20. The van der Waals surface area contributed by atoms with Gasteiger partial charge in [0.15, 0.2) is 0 Å². The van der Waals surface area contributed by atoms with Gasteiger partial charge in [-0.25, -0.2) is 10.4 Å². The fourth-order valence-corrected chi connectivity index (χ4v) is 1.20. The predicted molar refractivity (Wildman–Crippen MR) is 58.5 cm³/mol. The van der Waals surface area contributed by atoms with Crippen molar-refractivity contribution in [1.82, 2.24) is 9.97 Å². The average molecular weight is 188 g/mol. The van der Waals surface area contributed by atoms with Crippen LogP contribution in [-0.2, 0) is 0 Å². The molecule has 0 aliphatic rings. The molecule has 1 heterocycles. The van der Waals surface area contributed by atoms with Gasteiger partial charge < -0.3 is 4.98 Å². The standard InChI is InChI=1S/C10H12N4/c1-2-7-11-14-10-12-8-5-3-4-6-9(8)13-10/h3-7H,2H2,1H3,(H2,12,13,14)/b11-7+. The molecule has 0 saturated carbocycles. The van der Waals surface area contributed by atoms with E-state index in [9.17, 15) is 0 Å². The number of anilines is 1. The van der Waals surface area contributed by atoms with Crippen molar-refractivity contribution < 1.29 is 0 Å². The quantitative estimate of drug-likeness (QED) is 0.574. The Hall–Kier alpha value is -1.84. The number of rotatable bonds is 3. The van der Waals surface area contributed by atoms with Gasteiger partial charge in [0.25, 0.3) is 0 Å². The lowest BCUT2D eigenvalue weighted by atomic mass is 10.3. The molecule has 0 amide bonds. The van der Waals surface area contributed by atoms with E-state index in [0.717, 1.165) is 17.5 Å². The first-order valence-electron chi connectivity index (χ1n) is 4.62. The highest BCUT2D eigenvalue weighted by molar-refractivity contribution is 5.77. The topological polar surface area (TPSA) is 53.1 Å². The van der Waals surface area contributed by atoms with Crippen molar-refractivity contribution in [2.24, 2.45) is 5.10 Å². The molecule has 0 unspecified atom stereocenters. The van der Waals surface area contributed by atoms with Gasteiger partial charge in [-0.05, 0) is 18.6 Å². The second kappa shape index (κ2) is 3.91.